The van der Waals surface area contributed by atoms with Gasteiger partial charge in [0.25, 0.3) is 0 Å². The molecule has 0 bridgehead atoms. The van der Waals surface area contributed by atoms with Crippen LogP contribution >= 0.6 is 47.1 Å². The fraction of sp³-hybridized carbons (Fsp3) is 0.706. The van der Waals surface area contributed by atoms with Crippen molar-refractivity contribution in [1.29, 1.82) is 0 Å². The Bertz CT molecular complexity index is 560. The van der Waals surface area contributed by atoms with Crippen LogP contribution in [0.15, 0.2) is 20.9 Å². The fourth-order valence-electron chi connectivity index (χ4n) is 3.19. The molecule has 2 rings (SSSR count). The zero-order valence-corrected chi connectivity index (χ0v) is 19.7. The SMILES string of the molecule is CN=C(NCCCSc1nccs1)NCC1(C(=O)N(C)C)CCCC1.I. The summed E-state index contributed by atoms with van der Waals surface area (Å²) in [7, 11) is 5.46. The summed E-state index contributed by atoms with van der Waals surface area (Å²) in [5.74, 6) is 2.03. The number of thiazole rings is 1. The molecule has 26 heavy (non-hydrogen) atoms. The van der Waals surface area contributed by atoms with Crippen LogP contribution in [0.4, 0.5) is 0 Å². The van der Waals surface area contributed by atoms with Gasteiger partial charge in [0.15, 0.2) is 5.96 Å². The molecule has 148 valence electrons. The van der Waals surface area contributed by atoms with Gasteiger partial charge in [0.1, 0.15) is 4.34 Å². The average molecular weight is 511 g/mol. The lowest BCUT2D eigenvalue weighted by Crippen LogP contribution is -2.49. The lowest BCUT2D eigenvalue weighted by molar-refractivity contribution is -0.138. The van der Waals surface area contributed by atoms with Crippen molar-refractivity contribution in [2.24, 2.45) is 10.4 Å². The molecule has 1 heterocycles. The number of nitrogens with one attached hydrogen (secondary N) is 2. The second-order valence-electron chi connectivity index (χ2n) is 6.54. The molecule has 1 aliphatic carbocycles. The van der Waals surface area contributed by atoms with Crippen molar-refractivity contribution < 1.29 is 4.79 Å². The molecule has 1 aliphatic rings. The van der Waals surface area contributed by atoms with E-state index in [1.165, 1.54) is 0 Å². The van der Waals surface area contributed by atoms with Crippen molar-refractivity contribution in [3.8, 4) is 0 Å². The number of rotatable bonds is 8. The van der Waals surface area contributed by atoms with E-state index in [-0.39, 0.29) is 35.3 Å². The number of aromatic nitrogens is 1. The van der Waals surface area contributed by atoms with Crippen LogP contribution in [-0.2, 0) is 4.79 Å². The molecule has 6 nitrogen and oxygen atoms in total. The first kappa shape index (κ1) is 23.5. The van der Waals surface area contributed by atoms with Gasteiger partial charge in [0, 0.05) is 51.6 Å². The van der Waals surface area contributed by atoms with E-state index in [1.54, 1.807) is 35.0 Å². The van der Waals surface area contributed by atoms with E-state index in [4.69, 9.17) is 0 Å². The minimum absolute atomic E-state index is 0. The zero-order valence-electron chi connectivity index (χ0n) is 15.8. The minimum atomic E-state index is -0.276. The molecule has 0 aromatic carbocycles. The Balaban J connectivity index is 0.00000338. The van der Waals surface area contributed by atoms with Crippen LogP contribution in [0, 0.1) is 5.41 Å². The molecule has 1 amide bonds. The van der Waals surface area contributed by atoms with E-state index >= 15 is 0 Å². The second-order valence-corrected chi connectivity index (χ2v) is 8.78. The topological polar surface area (TPSA) is 69.6 Å². The predicted octanol–water partition coefficient (Wildman–Crippen LogP) is 3.06. The monoisotopic (exact) mass is 511 g/mol. The highest BCUT2D eigenvalue weighted by Gasteiger charge is 2.42. The number of aliphatic imine (C=N–C) groups is 1. The van der Waals surface area contributed by atoms with Gasteiger partial charge in [-0.25, -0.2) is 4.98 Å². The van der Waals surface area contributed by atoms with E-state index in [2.05, 4.69) is 20.6 Å². The number of thioether (sulfide) groups is 1. The molecule has 0 spiro atoms. The number of carbonyl (C=O) groups excluding carboxylic acids is 1. The molecule has 0 atom stereocenters. The van der Waals surface area contributed by atoms with Gasteiger partial charge in [-0.3, -0.25) is 9.79 Å². The van der Waals surface area contributed by atoms with E-state index in [0.717, 1.165) is 54.7 Å². The van der Waals surface area contributed by atoms with E-state index in [1.807, 2.05) is 25.7 Å². The van der Waals surface area contributed by atoms with Gasteiger partial charge < -0.3 is 15.5 Å². The minimum Gasteiger partial charge on any atom is -0.356 e. The predicted molar refractivity (Wildman–Crippen MR) is 122 cm³/mol. The largest absolute Gasteiger partial charge is 0.356 e. The van der Waals surface area contributed by atoms with Gasteiger partial charge in [-0.15, -0.1) is 35.3 Å². The first-order chi connectivity index (χ1) is 12.1. The Hall–Kier alpha value is -0.550. The van der Waals surface area contributed by atoms with Gasteiger partial charge in [0.05, 0.1) is 5.41 Å². The van der Waals surface area contributed by atoms with E-state index < -0.39 is 0 Å². The fourth-order valence-corrected chi connectivity index (χ4v) is 4.83. The summed E-state index contributed by atoms with van der Waals surface area (Å²) in [5, 5.41) is 8.71. The van der Waals surface area contributed by atoms with Crippen molar-refractivity contribution in [3.63, 3.8) is 0 Å². The van der Waals surface area contributed by atoms with Gasteiger partial charge in [-0.1, -0.05) is 24.6 Å². The van der Waals surface area contributed by atoms with Crippen LogP contribution in [0.1, 0.15) is 32.1 Å². The molecule has 1 fully saturated rings. The lowest BCUT2D eigenvalue weighted by atomic mass is 9.84. The lowest BCUT2D eigenvalue weighted by Gasteiger charge is -2.31. The summed E-state index contributed by atoms with van der Waals surface area (Å²) in [4.78, 5) is 22.9. The van der Waals surface area contributed by atoms with Crippen molar-refractivity contribution >= 4 is 58.9 Å². The number of hydrogen-bond acceptors (Lipinski definition) is 5. The van der Waals surface area contributed by atoms with Crippen molar-refractivity contribution in [2.45, 2.75) is 36.4 Å². The first-order valence-electron chi connectivity index (χ1n) is 8.76. The molecule has 0 radical (unpaired) electrons. The van der Waals surface area contributed by atoms with Gasteiger partial charge in [-0.05, 0) is 19.3 Å². The highest BCUT2D eigenvalue weighted by atomic mass is 127. The molecular formula is C17H30IN5OS2. The van der Waals surface area contributed by atoms with Crippen LogP contribution in [0.3, 0.4) is 0 Å². The van der Waals surface area contributed by atoms with Crippen LogP contribution < -0.4 is 10.6 Å². The quantitative estimate of drug-likeness (QED) is 0.185. The maximum Gasteiger partial charge on any atom is 0.230 e. The maximum absolute atomic E-state index is 12.6. The average Bonchev–Trinajstić information content (AvgIpc) is 3.29. The van der Waals surface area contributed by atoms with E-state index in [9.17, 15) is 4.79 Å². The number of halogens is 1. The van der Waals surface area contributed by atoms with Crippen molar-refractivity contribution in [1.82, 2.24) is 20.5 Å². The number of guanidine groups is 1. The third kappa shape index (κ3) is 6.88. The van der Waals surface area contributed by atoms with Crippen LogP contribution in [0.5, 0.6) is 0 Å². The smallest absolute Gasteiger partial charge is 0.230 e. The maximum atomic E-state index is 12.6. The van der Waals surface area contributed by atoms with Crippen molar-refractivity contribution in [3.05, 3.63) is 11.6 Å². The second kappa shape index (κ2) is 12.0. The van der Waals surface area contributed by atoms with Gasteiger partial charge in [0.2, 0.25) is 5.91 Å². The number of amides is 1. The number of nitrogens with zero attached hydrogens (tertiary/aromatic N) is 3. The summed E-state index contributed by atoms with van der Waals surface area (Å²) in [6.07, 6.45) is 7.04. The van der Waals surface area contributed by atoms with Crippen molar-refractivity contribution in [2.75, 3.05) is 40.0 Å². The highest BCUT2D eigenvalue weighted by molar-refractivity contribution is 14.0. The summed E-state index contributed by atoms with van der Waals surface area (Å²) >= 11 is 3.46. The normalized spacial score (nSPS) is 16.0. The molecule has 1 aromatic heterocycles. The summed E-state index contributed by atoms with van der Waals surface area (Å²) in [6.45, 7) is 1.50. The van der Waals surface area contributed by atoms with E-state index in [0.29, 0.717) is 6.54 Å². The molecule has 0 unspecified atom stereocenters. The Morgan fingerprint density at radius 1 is 1.38 bits per heavy atom. The number of hydrogen-bond donors (Lipinski definition) is 2. The molecular weight excluding hydrogens is 481 g/mol. The van der Waals surface area contributed by atoms with Crippen LogP contribution in [-0.4, -0.2) is 61.7 Å². The summed E-state index contributed by atoms with van der Waals surface area (Å²) < 4.78 is 1.12. The summed E-state index contributed by atoms with van der Waals surface area (Å²) in [5.41, 5.74) is -0.276. The Morgan fingerprint density at radius 3 is 2.69 bits per heavy atom. The Labute approximate surface area is 182 Å². The zero-order chi connectivity index (χ0) is 18.1. The highest BCUT2D eigenvalue weighted by Crippen LogP contribution is 2.38. The molecule has 1 saturated carbocycles. The standard InChI is InChI=1S/C17H29N5OS2.HI/c1-18-15(19-9-6-11-24-16-20-10-12-25-16)21-13-17(7-4-5-8-17)14(23)22(2)3;/h10,12H,4-9,11,13H2,1-3H3,(H2,18,19,21);1H. The van der Waals surface area contributed by atoms with Gasteiger partial charge >= 0.3 is 0 Å². The van der Waals surface area contributed by atoms with Crippen LogP contribution in [0.2, 0.25) is 0 Å². The molecule has 0 saturated heterocycles. The summed E-state index contributed by atoms with van der Waals surface area (Å²) in [6, 6.07) is 0. The Kier molecular flexibility index (Phi) is 10.9. The van der Waals surface area contributed by atoms with Crippen LogP contribution in [0.25, 0.3) is 0 Å². The molecule has 9 heteroatoms. The number of carbonyl (C=O) groups is 1. The first-order valence-corrected chi connectivity index (χ1v) is 10.6. The molecule has 0 aliphatic heterocycles. The molecule has 2 N–H and O–H groups in total. The molecule has 1 aromatic rings. The third-order valence-corrected chi connectivity index (χ3v) is 6.54. The Morgan fingerprint density at radius 2 is 2.12 bits per heavy atom. The van der Waals surface area contributed by atoms with Gasteiger partial charge in [-0.2, -0.15) is 0 Å². The third-order valence-electron chi connectivity index (χ3n) is 4.49.